The highest BCUT2D eigenvalue weighted by Crippen LogP contribution is 2.21. The predicted octanol–water partition coefficient (Wildman–Crippen LogP) is 6.28. The maximum absolute atomic E-state index is 5.60. The van der Waals surface area contributed by atoms with Crippen molar-refractivity contribution in [2.24, 2.45) is 0 Å². The summed E-state index contributed by atoms with van der Waals surface area (Å²) in [6.07, 6.45) is 7.32. The van der Waals surface area contributed by atoms with E-state index in [-0.39, 0.29) is 0 Å². The smallest absolute Gasteiger partial charge is 0.137 e. The molecule has 0 aliphatic rings. The first-order chi connectivity index (χ1) is 13.3. The zero-order chi connectivity index (χ0) is 18.9. The highest BCUT2D eigenvalue weighted by Gasteiger charge is 2.02. The molecule has 140 valence electrons. The molecule has 1 aromatic heterocycles. The Kier molecular flexibility index (Phi) is 7.04. The molecule has 1 heterocycles. The molecule has 0 unspecified atom stereocenters. The first-order valence-electron chi connectivity index (χ1n) is 10.0. The SMILES string of the molecule is CCCOc1ccc(-c2ccc(CCc3ccc(CCC)cc3)cc2)nc1. The summed E-state index contributed by atoms with van der Waals surface area (Å²) < 4.78 is 5.60. The highest BCUT2D eigenvalue weighted by atomic mass is 16.5. The standard InChI is InChI=1S/C25H29NO/c1-3-5-20-6-8-21(9-7-20)10-11-22-12-14-23(15-13-22)25-17-16-24(19-26-25)27-18-4-2/h6-9,12-17,19H,3-5,10-11,18H2,1-2H3. The Labute approximate surface area is 163 Å². The maximum atomic E-state index is 5.60. The van der Waals surface area contributed by atoms with Gasteiger partial charge in [-0.2, -0.15) is 0 Å². The minimum absolute atomic E-state index is 0.733. The van der Waals surface area contributed by atoms with E-state index in [1.807, 2.05) is 12.1 Å². The fraction of sp³-hybridized carbons (Fsp3) is 0.320. The van der Waals surface area contributed by atoms with Crippen LogP contribution in [0.15, 0.2) is 66.9 Å². The molecule has 0 N–H and O–H groups in total. The molecular weight excluding hydrogens is 330 g/mol. The molecule has 0 atom stereocenters. The van der Waals surface area contributed by atoms with E-state index in [9.17, 15) is 0 Å². The lowest BCUT2D eigenvalue weighted by atomic mass is 10.0. The normalized spacial score (nSPS) is 10.7. The van der Waals surface area contributed by atoms with Gasteiger partial charge in [0.25, 0.3) is 0 Å². The number of aromatic nitrogens is 1. The molecule has 3 aromatic rings. The molecule has 0 amide bonds. The Bertz CT molecular complexity index is 804. The average molecular weight is 360 g/mol. The molecule has 3 rings (SSSR count). The van der Waals surface area contributed by atoms with Gasteiger partial charge in [-0.1, -0.05) is 68.8 Å². The van der Waals surface area contributed by atoms with Crippen LogP contribution < -0.4 is 4.74 Å². The van der Waals surface area contributed by atoms with Crippen molar-refractivity contribution in [2.45, 2.75) is 46.0 Å². The van der Waals surface area contributed by atoms with E-state index in [1.165, 1.54) is 29.5 Å². The molecule has 0 radical (unpaired) electrons. The van der Waals surface area contributed by atoms with Crippen LogP contribution in [-0.2, 0) is 19.3 Å². The molecule has 0 fully saturated rings. The van der Waals surface area contributed by atoms with E-state index >= 15 is 0 Å². The van der Waals surface area contributed by atoms with Crippen molar-refractivity contribution in [2.75, 3.05) is 6.61 Å². The van der Waals surface area contributed by atoms with Crippen molar-refractivity contribution < 1.29 is 4.74 Å². The molecule has 2 nitrogen and oxygen atoms in total. The molecular formula is C25H29NO. The fourth-order valence-corrected chi connectivity index (χ4v) is 3.15. The lowest BCUT2D eigenvalue weighted by Gasteiger charge is -2.07. The molecule has 0 saturated carbocycles. The third kappa shape index (κ3) is 5.68. The summed E-state index contributed by atoms with van der Waals surface area (Å²) in [4.78, 5) is 4.52. The number of aryl methyl sites for hydroxylation is 3. The average Bonchev–Trinajstić information content (AvgIpc) is 2.73. The van der Waals surface area contributed by atoms with Crippen LogP contribution in [0.1, 0.15) is 43.4 Å². The summed E-state index contributed by atoms with van der Waals surface area (Å²) in [6.45, 7) is 5.06. The topological polar surface area (TPSA) is 22.1 Å². The number of nitrogens with zero attached hydrogens (tertiary/aromatic N) is 1. The van der Waals surface area contributed by atoms with E-state index in [0.717, 1.165) is 42.9 Å². The third-order valence-electron chi connectivity index (χ3n) is 4.72. The van der Waals surface area contributed by atoms with Crippen molar-refractivity contribution in [1.82, 2.24) is 4.98 Å². The number of hydrogen-bond acceptors (Lipinski definition) is 2. The molecule has 0 saturated heterocycles. The van der Waals surface area contributed by atoms with Crippen molar-refractivity contribution in [1.29, 1.82) is 0 Å². The predicted molar refractivity (Wildman–Crippen MR) is 113 cm³/mol. The number of pyridine rings is 1. The van der Waals surface area contributed by atoms with E-state index in [0.29, 0.717) is 0 Å². The molecule has 2 heteroatoms. The van der Waals surface area contributed by atoms with Crippen LogP contribution in [0.4, 0.5) is 0 Å². The van der Waals surface area contributed by atoms with Crippen LogP contribution in [0, 0.1) is 0 Å². The monoisotopic (exact) mass is 359 g/mol. The summed E-state index contributed by atoms with van der Waals surface area (Å²) >= 11 is 0. The van der Waals surface area contributed by atoms with Crippen LogP contribution in [-0.4, -0.2) is 11.6 Å². The van der Waals surface area contributed by atoms with E-state index in [1.54, 1.807) is 6.20 Å². The third-order valence-corrected chi connectivity index (χ3v) is 4.72. The van der Waals surface area contributed by atoms with Gasteiger partial charge >= 0.3 is 0 Å². The van der Waals surface area contributed by atoms with Crippen molar-refractivity contribution in [3.63, 3.8) is 0 Å². The zero-order valence-corrected chi connectivity index (χ0v) is 16.4. The van der Waals surface area contributed by atoms with Crippen LogP contribution in [0.2, 0.25) is 0 Å². The van der Waals surface area contributed by atoms with Crippen LogP contribution >= 0.6 is 0 Å². The van der Waals surface area contributed by atoms with Gasteiger partial charge in [0.15, 0.2) is 0 Å². The Morgan fingerprint density at radius 1 is 0.667 bits per heavy atom. The van der Waals surface area contributed by atoms with E-state index in [4.69, 9.17) is 4.74 Å². The van der Waals surface area contributed by atoms with Gasteiger partial charge in [-0.25, -0.2) is 0 Å². The Hall–Kier alpha value is -2.61. The zero-order valence-electron chi connectivity index (χ0n) is 16.4. The first-order valence-corrected chi connectivity index (χ1v) is 10.0. The van der Waals surface area contributed by atoms with Gasteiger partial charge in [0, 0.05) is 5.56 Å². The Morgan fingerprint density at radius 2 is 1.26 bits per heavy atom. The molecule has 0 bridgehead atoms. The summed E-state index contributed by atoms with van der Waals surface area (Å²) in [5, 5.41) is 0. The minimum atomic E-state index is 0.733. The van der Waals surface area contributed by atoms with Gasteiger partial charge < -0.3 is 4.74 Å². The second-order valence-electron chi connectivity index (χ2n) is 6.99. The Balaban J connectivity index is 1.56. The molecule has 0 aliphatic carbocycles. The van der Waals surface area contributed by atoms with Gasteiger partial charge in [-0.15, -0.1) is 0 Å². The summed E-state index contributed by atoms with van der Waals surface area (Å²) in [6, 6.07) is 21.8. The van der Waals surface area contributed by atoms with Gasteiger partial charge in [-0.05, 0) is 54.5 Å². The number of hydrogen-bond donors (Lipinski definition) is 0. The lowest BCUT2D eigenvalue weighted by Crippen LogP contribution is -1.95. The van der Waals surface area contributed by atoms with Crippen LogP contribution in [0.3, 0.4) is 0 Å². The van der Waals surface area contributed by atoms with Gasteiger partial charge in [-0.3, -0.25) is 4.98 Å². The van der Waals surface area contributed by atoms with Crippen molar-refractivity contribution in [3.05, 3.63) is 83.6 Å². The molecule has 0 aliphatic heterocycles. The number of benzene rings is 2. The first kappa shape index (κ1) is 19.2. The summed E-state index contributed by atoms with van der Waals surface area (Å²) in [5.74, 6) is 0.835. The molecule has 0 spiro atoms. The molecule has 27 heavy (non-hydrogen) atoms. The minimum Gasteiger partial charge on any atom is -0.492 e. The van der Waals surface area contributed by atoms with E-state index < -0.39 is 0 Å². The molecule has 2 aromatic carbocycles. The van der Waals surface area contributed by atoms with Crippen LogP contribution in [0.25, 0.3) is 11.3 Å². The van der Waals surface area contributed by atoms with Gasteiger partial charge in [0.05, 0.1) is 18.5 Å². The maximum Gasteiger partial charge on any atom is 0.137 e. The second kappa shape index (κ2) is 9.91. The summed E-state index contributed by atoms with van der Waals surface area (Å²) in [7, 11) is 0. The van der Waals surface area contributed by atoms with Gasteiger partial charge in [0.1, 0.15) is 5.75 Å². The number of ether oxygens (including phenoxy) is 1. The van der Waals surface area contributed by atoms with Crippen molar-refractivity contribution >= 4 is 0 Å². The van der Waals surface area contributed by atoms with Crippen molar-refractivity contribution in [3.8, 4) is 17.0 Å². The van der Waals surface area contributed by atoms with Gasteiger partial charge in [0.2, 0.25) is 0 Å². The highest BCUT2D eigenvalue weighted by molar-refractivity contribution is 5.59. The van der Waals surface area contributed by atoms with E-state index in [2.05, 4.69) is 67.4 Å². The largest absolute Gasteiger partial charge is 0.492 e. The summed E-state index contributed by atoms with van der Waals surface area (Å²) in [5.41, 5.74) is 6.33. The second-order valence-corrected chi connectivity index (χ2v) is 6.99. The Morgan fingerprint density at radius 3 is 1.78 bits per heavy atom. The number of rotatable bonds is 9. The lowest BCUT2D eigenvalue weighted by molar-refractivity contribution is 0.316. The fourth-order valence-electron chi connectivity index (χ4n) is 3.15. The quantitative estimate of drug-likeness (QED) is 0.449. The van der Waals surface area contributed by atoms with Crippen LogP contribution in [0.5, 0.6) is 5.75 Å².